The van der Waals surface area contributed by atoms with Gasteiger partial charge in [-0.3, -0.25) is 4.79 Å². The van der Waals surface area contributed by atoms with Gasteiger partial charge in [-0.1, -0.05) is 6.42 Å². The van der Waals surface area contributed by atoms with Crippen molar-refractivity contribution in [1.82, 2.24) is 15.3 Å². The zero-order chi connectivity index (χ0) is 15.2. The number of aryl methyl sites for hydroxylation is 1. The van der Waals surface area contributed by atoms with Crippen LogP contribution in [0.15, 0.2) is 6.07 Å². The van der Waals surface area contributed by atoms with Gasteiger partial charge in [0.1, 0.15) is 0 Å². The molecule has 1 saturated carbocycles. The average molecular weight is 300 g/mol. The van der Waals surface area contributed by atoms with Crippen LogP contribution in [0.2, 0.25) is 0 Å². The van der Waals surface area contributed by atoms with Crippen LogP contribution in [0.25, 0.3) is 0 Å². The summed E-state index contributed by atoms with van der Waals surface area (Å²) >= 11 is 0. The van der Waals surface area contributed by atoms with Gasteiger partial charge in [0.15, 0.2) is 0 Å². The van der Waals surface area contributed by atoms with Crippen molar-refractivity contribution < 1.29 is 4.79 Å². The van der Waals surface area contributed by atoms with Crippen molar-refractivity contribution in [3.8, 4) is 0 Å². The maximum Gasteiger partial charge on any atom is 0.228 e. The molecule has 1 N–H and O–H groups in total. The summed E-state index contributed by atoms with van der Waals surface area (Å²) in [6.07, 6.45) is 6.83. The maximum atomic E-state index is 12.3. The molecular formula is C17H24N4O. The van der Waals surface area contributed by atoms with E-state index in [-0.39, 0.29) is 11.3 Å². The number of piperidine rings is 1. The SMILES string of the molecule is Cc1cc(C2CCC2)nc(N2CC[C@]3(CCCNC3=O)C2)n1. The number of nitrogens with zero attached hydrogens (tertiary/aromatic N) is 3. The Labute approximate surface area is 131 Å². The van der Waals surface area contributed by atoms with Crippen LogP contribution >= 0.6 is 0 Å². The summed E-state index contributed by atoms with van der Waals surface area (Å²) in [4.78, 5) is 24.0. The van der Waals surface area contributed by atoms with E-state index in [0.717, 1.165) is 50.5 Å². The molecule has 5 nitrogen and oxygen atoms in total. The molecule has 1 aromatic rings. The topological polar surface area (TPSA) is 58.1 Å². The summed E-state index contributed by atoms with van der Waals surface area (Å²) in [6, 6.07) is 2.13. The minimum Gasteiger partial charge on any atom is -0.356 e. The standard InChI is InChI=1S/C17H24N4O/c1-12-10-14(13-4-2-5-13)20-16(19-12)21-9-7-17(11-21)6-3-8-18-15(17)22/h10,13H,2-9,11H2,1H3,(H,18,22)/t17-/m1/s1. The number of carbonyl (C=O) groups is 1. The van der Waals surface area contributed by atoms with Gasteiger partial charge in [-0.25, -0.2) is 9.97 Å². The van der Waals surface area contributed by atoms with Crippen molar-refractivity contribution in [2.24, 2.45) is 5.41 Å². The molecule has 1 atom stereocenters. The predicted octanol–water partition coefficient (Wildman–Crippen LogP) is 2.16. The predicted molar refractivity (Wildman–Crippen MR) is 84.9 cm³/mol. The van der Waals surface area contributed by atoms with E-state index in [1.54, 1.807) is 0 Å². The van der Waals surface area contributed by atoms with Crippen LogP contribution in [-0.2, 0) is 4.79 Å². The van der Waals surface area contributed by atoms with Gasteiger partial charge in [0.25, 0.3) is 0 Å². The lowest BCUT2D eigenvalue weighted by molar-refractivity contribution is -0.132. The van der Waals surface area contributed by atoms with E-state index in [2.05, 4.69) is 21.3 Å². The lowest BCUT2D eigenvalue weighted by atomic mass is 9.79. The van der Waals surface area contributed by atoms with Gasteiger partial charge < -0.3 is 10.2 Å². The molecule has 0 unspecified atom stereocenters. The lowest BCUT2D eigenvalue weighted by Crippen LogP contribution is -2.47. The Morgan fingerprint density at radius 3 is 2.86 bits per heavy atom. The molecule has 1 aromatic heterocycles. The molecule has 3 aliphatic rings. The number of carbonyl (C=O) groups excluding carboxylic acids is 1. The number of hydrogen-bond acceptors (Lipinski definition) is 4. The van der Waals surface area contributed by atoms with Gasteiger partial charge >= 0.3 is 0 Å². The summed E-state index contributed by atoms with van der Waals surface area (Å²) in [5.74, 6) is 1.68. The van der Waals surface area contributed by atoms with Crippen molar-refractivity contribution in [2.45, 2.75) is 51.4 Å². The first kappa shape index (κ1) is 14.0. The summed E-state index contributed by atoms with van der Waals surface area (Å²) in [7, 11) is 0. The number of amides is 1. The molecule has 1 amide bonds. The Bertz CT molecular complexity index is 598. The van der Waals surface area contributed by atoms with Gasteiger partial charge in [-0.05, 0) is 45.1 Å². The monoisotopic (exact) mass is 300 g/mol. The molecule has 1 aliphatic carbocycles. The molecule has 0 bridgehead atoms. The minimum atomic E-state index is -0.206. The van der Waals surface area contributed by atoms with Crippen molar-refractivity contribution in [3.05, 3.63) is 17.5 Å². The van der Waals surface area contributed by atoms with Crippen LogP contribution in [0, 0.1) is 12.3 Å². The van der Waals surface area contributed by atoms with Crippen LogP contribution in [-0.4, -0.2) is 35.5 Å². The van der Waals surface area contributed by atoms with Gasteiger partial charge in [0, 0.05) is 36.9 Å². The van der Waals surface area contributed by atoms with E-state index >= 15 is 0 Å². The Kier molecular flexibility index (Phi) is 3.31. The highest BCUT2D eigenvalue weighted by Crippen LogP contribution is 2.40. The summed E-state index contributed by atoms with van der Waals surface area (Å²) in [5, 5.41) is 3.04. The summed E-state index contributed by atoms with van der Waals surface area (Å²) < 4.78 is 0. The Morgan fingerprint density at radius 1 is 1.27 bits per heavy atom. The molecule has 118 valence electrons. The third-order valence-electron chi connectivity index (χ3n) is 5.62. The second kappa shape index (κ2) is 5.21. The minimum absolute atomic E-state index is 0.206. The van der Waals surface area contributed by atoms with Crippen LogP contribution in [0.1, 0.15) is 55.8 Å². The molecule has 3 fully saturated rings. The molecular weight excluding hydrogens is 276 g/mol. The molecule has 3 heterocycles. The van der Waals surface area contributed by atoms with E-state index in [4.69, 9.17) is 4.98 Å². The molecule has 5 heteroatoms. The fourth-order valence-corrected chi connectivity index (χ4v) is 3.99. The second-order valence-corrected chi connectivity index (χ2v) is 7.17. The smallest absolute Gasteiger partial charge is 0.228 e. The first-order valence-corrected chi connectivity index (χ1v) is 8.55. The number of rotatable bonds is 2. The zero-order valence-corrected chi connectivity index (χ0v) is 13.3. The third-order valence-corrected chi connectivity index (χ3v) is 5.62. The zero-order valence-electron chi connectivity index (χ0n) is 13.3. The molecule has 0 aromatic carbocycles. The first-order valence-electron chi connectivity index (χ1n) is 8.55. The van der Waals surface area contributed by atoms with Gasteiger partial charge in [0.2, 0.25) is 11.9 Å². The fourth-order valence-electron chi connectivity index (χ4n) is 3.99. The summed E-state index contributed by atoms with van der Waals surface area (Å²) in [5.41, 5.74) is 2.03. The van der Waals surface area contributed by atoms with Gasteiger partial charge in [0.05, 0.1) is 5.41 Å². The average Bonchev–Trinajstić information content (AvgIpc) is 2.85. The Hall–Kier alpha value is -1.65. The van der Waals surface area contributed by atoms with Crippen LogP contribution < -0.4 is 10.2 Å². The molecule has 1 spiro atoms. The van der Waals surface area contributed by atoms with Gasteiger partial charge in [-0.15, -0.1) is 0 Å². The Morgan fingerprint density at radius 2 is 2.14 bits per heavy atom. The number of aromatic nitrogens is 2. The maximum absolute atomic E-state index is 12.3. The fraction of sp³-hybridized carbons (Fsp3) is 0.706. The van der Waals surface area contributed by atoms with Crippen LogP contribution in [0.3, 0.4) is 0 Å². The van der Waals surface area contributed by atoms with Crippen molar-refractivity contribution in [2.75, 3.05) is 24.5 Å². The van der Waals surface area contributed by atoms with E-state index in [1.807, 2.05) is 6.92 Å². The highest BCUT2D eigenvalue weighted by molar-refractivity contribution is 5.84. The molecule has 22 heavy (non-hydrogen) atoms. The number of anilines is 1. The quantitative estimate of drug-likeness (QED) is 0.909. The highest BCUT2D eigenvalue weighted by Gasteiger charge is 2.46. The Balaban J connectivity index is 1.57. The van der Waals surface area contributed by atoms with E-state index in [9.17, 15) is 4.79 Å². The van der Waals surface area contributed by atoms with Crippen molar-refractivity contribution >= 4 is 11.9 Å². The van der Waals surface area contributed by atoms with E-state index in [1.165, 1.54) is 25.0 Å². The second-order valence-electron chi connectivity index (χ2n) is 7.17. The van der Waals surface area contributed by atoms with Crippen molar-refractivity contribution in [3.63, 3.8) is 0 Å². The summed E-state index contributed by atoms with van der Waals surface area (Å²) in [6.45, 7) is 4.53. The number of nitrogens with one attached hydrogen (secondary N) is 1. The van der Waals surface area contributed by atoms with E-state index in [0.29, 0.717) is 5.92 Å². The van der Waals surface area contributed by atoms with E-state index < -0.39 is 0 Å². The highest BCUT2D eigenvalue weighted by atomic mass is 16.2. The largest absolute Gasteiger partial charge is 0.356 e. The molecule has 2 aliphatic heterocycles. The first-order chi connectivity index (χ1) is 10.7. The third kappa shape index (κ3) is 2.27. The molecule has 2 saturated heterocycles. The molecule has 4 rings (SSSR count). The lowest BCUT2D eigenvalue weighted by Gasteiger charge is -2.32. The van der Waals surface area contributed by atoms with Crippen molar-refractivity contribution in [1.29, 1.82) is 0 Å². The van der Waals surface area contributed by atoms with Crippen LogP contribution in [0.4, 0.5) is 5.95 Å². The normalized spacial score (nSPS) is 28.8. The number of hydrogen-bond donors (Lipinski definition) is 1. The van der Waals surface area contributed by atoms with Gasteiger partial charge in [-0.2, -0.15) is 0 Å². The van der Waals surface area contributed by atoms with Crippen LogP contribution in [0.5, 0.6) is 0 Å². The molecule has 0 radical (unpaired) electrons.